The van der Waals surface area contributed by atoms with E-state index in [0.29, 0.717) is 43.2 Å². The summed E-state index contributed by atoms with van der Waals surface area (Å²) in [5.41, 5.74) is 2.40. The van der Waals surface area contributed by atoms with E-state index in [1.54, 1.807) is 41.9 Å². The summed E-state index contributed by atoms with van der Waals surface area (Å²) >= 11 is 6.00. The molecule has 30 heavy (non-hydrogen) atoms. The number of imidazole rings is 1. The fourth-order valence-electron chi connectivity index (χ4n) is 3.98. The molecule has 0 saturated carbocycles. The highest BCUT2D eigenvalue weighted by Gasteiger charge is 2.32. The van der Waals surface area contributed by atoms with Gasteiger partial charge in [-0.3, -0.25) is 0 Å². The number of benzene rings is 1. The first-order valence-electron chi connectivity index (χ1n) is 9.97. The first-order valence-corrected chi connectivity index (χ1v) is 12.0. The Morgan fingerprint density at radius 3 is 2.93 bits per heavy atom. The Morgan fingerprint density at radius 2 is 2.13 bits per heavy atom. The van der Waals surface area contributed by atoms with Gasteiger partial charge in [0.05, 0.1) is 12.4 Å². The number of fused-ring (bicyclic) bond motifs is 1. The third kappa shape index (κ3) is 4.67. The Bertz CT molecular complexity index is 1130. The van der Waals surface area contributed by atoms with E-state index in [2.05, 4.69) is 9.55 Å². The summed E-state index contributed by atoms with van der Waals surface area (Å²) in [6.45, 7) is 2.27. The van der Waals surface area contributed by atoms with Crippen molar-refractivity contribution < 1.29 is 13.2 Å². The summed E-state index contributed by atoms with van der Waals surface area (Å²) in [5, 5.41) is 0.547. The van der Waals surface area contributed by atoms with Gasteiger partial charge in [0.1, 0.15) is 11.3 Å². The van der Waals surface area contributed by atoms with E-state index in [1.807, 2.05) is 12.1 Å². The second-order valence-corrected chi connectivity index (χ2v) is 10.0. The van der Waals surface area contributed by atoms with Gasteiger partial charge in [0.2, 0.25) is 10.0 Å². The lowest BCUT2D eigenvalue weighted by Gasteiger charge is -2.17. The number of hydrogen-bond acceptors (Lipinski definition) is 5. The van der Waals surface area contributed by atoms with Crippen molar-refractivity contribution in [1.29, 1.82) is 0 Å². The number of rotatable bonds is 8. The van der Waals surface area contributed by atoms with Crippen molar-refractivity contribution in [3.63, 3.8) is 0 Å². The quantitative estimate of drug-likeness (QED) is 0.529. The molecule has 2 aromatic heterocycles. The number of aromatic nitrogens is 3. The zero-order valence-electron chi connectivity index (χ0n) is 16.9. The fourth-order valence-corrected chi connectivity index (χ4v) is 5.80. The number of ether oxygens (including phenoxy) is 1. The maximum Gasteiger partial charge on any atom is 0.218 e. The predicted molar refractivity (Wildman–Crippen MR) is 117 cm³/mol. The summed E-state index contributed by atoms with van der Waals surface area (Å²) < 4.78 is 34.7. The van der Waals surface area contributed by atoms with Crippen molar-refractivity contribution >= 4 is 32.8 Å². The van der Waals surface area contributed by atoms with Crippen LogP contribution in [0.25, 0.3) is 11.2 Å². The van der Waals surface area contributed by atoms with E-state index >= 15 is 0 Å². The minimum Gasteiger partial charge on any atom is -0.383 e. The minimum absolute atomic E-state index is 0.0312. The normalized spacial score (nSPS) is 17.7. The van der Waals surface area contributed by atoms with Crippen LogP contribution in [0.1, 0.15) is 17.8 Å². The Morgan fingerprint density at radius 1 is 1.27 bits per heavy atom. The molecule has 1 saturated heterocycles. The molecule has 0 radical (unpaired) electrons. The number of nitrogens with zero attached hydrogens (tertiary/aromatic N) is 4. The molecule has 0 bridgehead atoms. The molecule has 1 atom stereocenters. The van der Waals surface area contributed by atoms with Crippen molar-refractivity contribution in [1.82, 2.24) is 18.8 Å². The molecule has 0 unspecified atom stereocenters. The average Bonchev–Trinajstić information content (AvgIpc) is 3.31. The third-order valence-corrected chi connectivity index (χ3v) is 7.50. The van der Waals surface area contributed by atoms with Crippen LogP contribution < -0.4 is 0 Å². The lowest BCUT2D eigenvalue weighted by atomic mass is 10.0. The highest BCUT2D eigenvalue weighted by Crippen LogP contribution is 2.26. The van der Waals surface area contributed by atoms with Gasteiger partial charge < -0.3 is 9.30 Å². The van der Waals surface area contributed by atoms with Gasteiger partial charge in [-0.15, -0.1) is 0 Å². The van der Waals surface area contributed by atoms with Crippen LogP contribution >= 0.6 is 11.6 Å². The van der Waals surface area contributed by atoms with Gasteiger partial charge in [-0.1, -0.05) is 23.7 Å². The maximum atomic E-state index is 12.9. The van der Waals surface area contributed by atoms with Crippen LogP contribution in [-0.2, 0) is 33.5 Å². The molecule has 1 aliphatic heterocycles. The van der Waals surface area contributed by atoms with E-state index in [9.17, 15) is 8.42 Å². The summed E-state index contributed by atoms with van der Waals surface area (Å²) in [4.78, 5) is 9.22. The van der Waals surface area contributed by atoms with Gasteiger partial charge in [-0.05, 0) is 42.2 Å². The molecule has 1 aromatic carbocycles. The van der Waals surface area contributed by atoms with Gasteiger partial charge in [-0.2, -0.15) is 0 Å². The molecule has 7 nitrogen and oxygen atoms in total. The van der Waals surface area contributed by atoms with Crippen molar-refractivity contribution in [2.45, 2.75) is 25.1 Å². The standard InChI is InChI=1S/C21H25ClN4O3S/c1-29-11-10-26-20(24-19-6-3-8-23-21(19)26)13-16-7-9-25(14-16)30(27,28)15-17-4-2-5-18(22)12-17/h2-6,8,12,16H,7,9-11,13-15H2,1H3/t16-/m1/s1. The summed E-state index contributed by atoms with van der Waals surface area (Å²) in [7, 11) is -1.72. The molecule has 3 heterocycles. The van der Waals surface area contributed by atoms with Gasteiger partial charge in [0.15, 0.2) is 5.65 Å². The van der Waals surface area contributed by atoms with Gasteiger partial charge in [0, 0.05) is 44.4 Å². The number of hydrogen-bond donors (Lipinski definition) is 0. The topological polar surface area (TPSA) is 77.3 Å². The van der Waals surface area contributed by atoms with Crippen LogP contribution in [0.15, 0.2) is 42.6 Å². The summed E-state index contributed by atoms with van der Waals surface area (Å²) in [5.74, 6) is 1.12. The number of sulfonamides is 1. The number of pyridine rings is 1. The smallest absolute Gasteiger partial charge is 0.218 e. The summed E-state index contributed by atoms with van der Waals surface area (Å²) in [6.07, 6.45) is 3.29. The van der Waals surface area contributed by atoms with Crippen LogP contribution in [-0.4, -0.2) is 54.1 Å². The van der Waals surface area contributed by atoms with Crippen molar-refractivity contribution in [3.8, 4) is 0 Å². The molecule has 0 N–H and O–H groups in total. The Kier molecular flexibility index (Phi) is 6.38. The maximum absolute atomic E-state index is 12.9. The molecule has 0 aliphatic carbocycles. The number of methoxy groups -OCH3 is 1. The third-order valence-electron chi connectivity index (χ3n) is 5.45. The zero-order valence-corrected chi connectivity index (χ0v) is 18.4. The highest BCUT2D eigenvalue weighted by atomic mass is 35.5. The van der Waals surface area contributed by atoms with Crippen LogP contribution in [0.2, 0.25) is 5.02 Å². The molecule has 1 aliphatic rings. The first kappa shape index (κ1) is 21.2. The molecule has 160 valence electrons. The SMILES string of the molecule is COCCn1c(C[C@H]2CCN(S(=O)(=O)Cc3cccc(Cl)c3)C2)nc2cccnc21. The molecule has 0 amide bonds. The van der Waals surface area contributed by atoms with E-state index < -0.39 is 10.0 Å². The van der Waals surface area contributed by atoms with Gasteiger partial charge in [-0.25, -0.2) is 22.7 Å². The fraction of sp³-hybridized carbons (Fsp3) is 0.429. The van der Waals surface area contributed by atoms with E-state index in [0.717, 1.165) is 23.4 Å². The molecule has 3 aromatic rings. The van der Waals surface area contributed by atoms with Crippen molar-refractivity contribution in [3.05, 3.63) is 59.0 Å². The Hall–Kier alpha value is -2.00. The number of halogens is 1. The van der Waals surface area contributed by atoms with Crippen LogP contribution in [0.5, 0.6) is 0 Å². The molecule has 9 heteroatoms. The molecular weight excluding hydrogens is 424 g/mol. The zero-order chi connectivity index (χ0) is 21.1. The van der Waals surface area contributed by atoms with Gasteiger partial charge >= 0.3 is 0 Å². The summed E-state index contributed by atoms with van der Waals surface area (Å²) in [6, 6.07) is 10.8. The van der Waals surface area contributed by atoms with E-state index in [-0.39, 0.29) is 11.7 Å². The van der Waals surface area contributed by atoms with Crippen molar-refractivity contribution in [2.24, 2.45) is 5.92 Å². The largest absolute Gasteiger partial charge is 0.383 e. The second-order valence-electron chi connectivity index (χ2n) is 7.62. The van der Waals surface area contributed by atoms with Gasteiger partial charge in [0.25, 0.3) is 0 Å². The monoisotopic (exact) mass is 448 g/mol. The molecule has 1 fully saturated rings. The average molecular weight is 449 g/mol. The van der Waals surface area contributed by atoms with Crippen molar-refractivity contribution in [2.75, 3.05) is 26.8 Å². The van der Waals surface area contributed by atoms with Crippen LogP contribution in [0, 0.1) is 5.92 Å². The van der Waals surface area contributed by atoms with Crippen LogP contribution in [0.4, 0.5) is 0 Å². The second kappa shape index (κ2) is 9.01. The Labute approximate surface area is 181 Å². The molecular formula is C21H25ClN4O3S. The molecule has 4 rings (SSSR count). The van der Waals surface area contributed by atoms with E-state index in [4.69, 9.17) is 21.3 Å². The predicted octanol–water partition coefficient (Wildman–Crippen LogP) is 3.13. The Balaban J connectivity index is 1.47. The van der Waals surface area contributed by atoms with Crippen LogP contribution in [0.3, 0.4) is 0 Å². The lowest BCUT2D eigenvalue weighted by molar-refractivity contribution is 0.187. The lowest BCUT2D eigenvalue weighted by Crippen LogP contribution is -2.30. The van der Waals surface area contributed by atoms with E-state index in [1.165, 1.54) is 0 Å². The minimum atomic E-state index is -3.39. The first-order chi connectivity index (χ1) is 14.5. The highest BCUT2D eigenvalue weighted by molar-refractivity contribution is 7.88. The molecule has 0 spiro atoms.